The molecule has 0 fully saturated rings. The van der Waals surface area contributed by atoms with Gasteiger partial charge in [0.25, 0.3) is 0 Å². The number of nitrogens with zero attached hydrogens (tertiary/aromatic N) is 2. The predicted octanol–water partition coefficient (Wildman–Crippen LogP) is 4.94. The van der Waals surface area contributed by atoms with Crippen LogP contribution in [0.25, 0.3) is 0 Å². The Morgan fingerprint density at radius 3 is 2.48 bits per heavy atom. The summed E-state index contributed by atoms with van der Waals surface area (Å²) in [5.41, 5.74) is 0.0450. The van der Waals surface area contributed by atoms with Gasteiger partial charge in [0.15, 0.2) is 17.4 Å². The lowest BCUT2D eigenvalue weighted by atomic mass is 9.93. The minimum absolute atomic E-state index is 0.0403. The summed E-state index contributed by atoms with van der Waals surface area (Å²) in [6, 6.07) is 8.43. The normalized spacial score (nSPS) is 11.1. The quantitative estimate of drug-likeness (QED) is 0.679. The third-order valence-corrected chi connectivity index (χ3v) is 3.56. The molecule has 0 unspecified atom stereocenters. The second-order valence-corrected chi connectivity index (χ2v) is 6.84. The molecule has 2 amide bonds. The van der Waals surface area contributed by atoms with Gasteiger partial charge in [0.05, 0.1) is 0 Å². The van der Waals surface area contributed by atoms with Gasteiger partial charge < -0.3 is 14.6 Å². The summed E-state index contributed by atoms with van der Waals surface area (Å²) in [4.78, 5) is 15.9. The number of pyridine rings is 1. The van der Waals surface area contributed by atoms with Crippen molar-refractivity contribution in [3.05, 3.63) is 60.4 Å². The van der Waals surface area contributed by atoms with Crippen molar-refractivity contribution in [2.24, 2.45) is 0 Å². The second-order valence-electron chi connectivity index (χ2n) is 6.84. The fraction of sp³-hybridized carbons (Fsp3) is 0.211. The van der Waals surface area contributed by atoms with Crippen LogP contribution in [0.1, 0.15) is 26.5 Å². The molecule has 7 nitrogen and oxygen atoms in total. The van der Waals surface area contributed by atoms with E-state index in [0.717, 1.165) is 0 Å². The van der Waals surface area contributed by atoms with E-state index in [1.165, 1.54) is 18.2 Å². The number of nitrogens with one attached hydrogen (secondary N) is 2. The highest BCUT2D eigenvalue weighted by Gasteiger charge is 2.20. The number of halogens is 1. The zero-order valence-electron chi connectivity index (χ0n) is 15.1. The highest BCUT2D eigenvalue weighted by molar-refractivity contribution is 5.99. The summed E-state index contributed by atoms with van der Waals surface area (Å²) in [5, 5.41) is 8.87. The number of rotatable bonds is 4. The first-order valence-corrected chi connectivity index (χ1v) is 8.24. The molecule has 140 valence electrons. The Morgan fingerprint density at radius 2 is 1.85 bits per heavy atom. The maximum atomic E-state index is 14.2. The Hall–Kier alpha value is -3.42. The number of benzene rings is 1. The molecule has 0 bridgehead atoms. The second kappa shape index (κ2) is 7.45. The maximum absolute atomic E-state index is 14.2. The Morgan fingerprint density at radius 1 is 1.11 bits per heavy atom. The van der Waals surface area contributed by atoms with Gasteiger partial charge in [-0.1, -0.05) is 25.9 Å². The summed E-state index contributed by atoms with van der Waals surface area (Å²) in [5.74, 6) is 0.805. The van der Waals surface area contributed by atoms with E-state index in [2.05, 4.69) is 20.8 Å². The molecule has 0 saturated carbocycles. The number of amides is 2. The van der Waals surface area contributed by atoms with Crippen molar-refractivity contribution >= 4 is 17.5 Å². The molecule has 3 rings (SSSR count). The maximum Gasteiger partial charge on any atom is 0.324 e. The molecule has 0 saturated heterocycles. The lowest BCUT2D eigenvalue weighted by molar-refractivity contribution is 0.262. The van der Waals surface area contributed by atoms with Crippen molar-refractivity contribution in [3.63, 3.8) is 0 Å². The molecule has 2 aromatic heterocycles. The average molecular weight is 370 g/mol. The van der Waals surface area contributed by atoms with Gasteiger partial charge in [-0.15, -0.1) is 0 Å². The van der Waals surface area contributed by atoms with E-state index >= 15 is 0 Å². The first kappa shape index (κ1) is 18.4. The predicted molar refractivity (Wildman–Crippen MR) is 98.6 cm³/mol. The molecule has 0 aliphatic heterocycles. The van der Waals surface area contributed by atoms with Crippen LogP contribution in [0.15, 0.2) is 53.3 Å². The largest absolute Gasteiger partial charge is 0.454 e. The van der Waals surface area contributed by atoms with E-state index in [1.54, 1.807) is 30.6 Å². The highest BCUT2D eigenvalue weighted by atomic mass is 19.1. The van der Waals surface area contributed by atoms with E-state index in [0.29, 0.717) is 11.5 Å². The minimum atomic E-state index is -0.610. The van der Waals surface area contributed by atoms with Gasteiger partial charge in [0.2, 0.25) is 0 Å². The zero-order valence-corrected chi connectivity index (χ0v) is 15.1. The van der Waals surface area contributed by atoms with E-state index in [1.807, 2.05) is 20.8 Å². The SMILES string of the molecule is CC(C)(C)c1cc(NC(=O)Nc2ccc(Oc3ccncc3)c(F)c2)no1. The Balaban J connectivity index is 1.63. The van der Waals surface area contributed by atoms with Gasteiger partial charge in [0, 0.05) is 35.6 Å². The van der Waals surface area contributed by atoms with E-state index < -0.39 is 11.8 Å². The van der Waals surface area contributed by atoms with Gasteiger partial charge in [-0.3, -0.25) is 10.3 Å². The number of hydrogen-bond acceptors (Lipinski definition) is 5. The van der Waals surface area contributed by atoms with Crippen LogP contribution in [0.4, 0.5) is 20.7 Å². The van der Waals surface area contributed by atoms with Crippen LogP contribution in [-0.4, -0.2) is 16.2 Å². The molecule has 3 aromatic rings. The van der Waals surface area contributed by atoms with Crippen LogP contribution in [0, 0.1) is 5.82 Å². The van der Waals surface area contributed by atoms with Gasteiger partial charge in [-0.05, 0) is 24.3 Å². The lowest BCUT2D eigenvalue weighted by Gasteiger charge is -2.12. The first-order valence-electron chi connectivity index (χ1n) is 8.24. The Kier molecular flexibility index (Phi) is 5.07. The van der Waals surface area contributed by atoms with Crippen molar-refractivity contribution < 1.29 is 18.4 Å². The zero-order chi connectivity index (χ0) is 19.4. The molecule has 2 heterocycles. The standard InChI is InChI=1S/C19H19FN4O3/c1-19(2,3)16-11-17(24-27-16)23-18(25)22-12-4-5-15(14(20)10-12)26-13-6-8-21-9-7-13/h4-11H,1-3H3,(H2,22,23,24,25). The molecular formula is C19H19FN4O3. The van der Waals surface area contributed by atoms with Crippen LogP contribution in [0.3, 0.4) is 0 Å². The molecular weight excluding hydrogens is 351 g/mol. The van der Waals surface area contributed by atoms with Gasteiger partial charge in [-0.25, -0.2) is 9.18 Å². The molecule has 1 aromatic carbocycles. The van der Waals surface area contributed by atoms with E-state index in [9.17, 15) is 9.18 Å². The van der Waals surface area contributed by atoms with Crippen LogP contribution >= 0.6 is 0 Å². The summed E-state index contributed by atoms with van der Waals surface area (Å²) in [6.07, 6.45) is 3.09. The molecule has 8 heteroatoms. The monoisotopic (exact) mass is 370 g/mol. The number of ether oxygens (including phenoxy) is 1. The summed E-state index contributed by atoms with van der Waals surface area (Å²) >= 11 is 0. The number of urea groups is 1. The van der Waals surface area contributed by atoms with E-state index in [-0.39, 0.29) is 22.7 Å². The molecule has 0 radical (unpaired) electrons. The van der Waals surface area contributed by atoms with Crippen LogP contribution in [-0.2, 0) is 5.41 Å². The van der Waals surface area contributed by atoms with E-state index in [4.69, 9.17) is 9.26 Å². The summed E-state index contributed by atoms with van der Waals surface area (Å²) < 4.78 is 24.8. The number of carbonyl (C=O) groups excluding carboxylic acids is 1. The smallest absolute Gasteiger partial charge is 0.324 e. The van der Waals surface area contributed by atoms with Crippen LogP contribution in [0.2, 0.25) is 0 Å². The third-order valence-electron chi connectivity index (χ3n) is 3.56. The highest BCUT2D eigenvalue weighted by Crippen LogP contribution is 2.27. The van der Waals surface area contributed by atoms with Crippen molar-refractivity contribution in [3.8, 4) is 11.5 Å². The molecule has 27 heavy (non-hydrogen) atoms. The van der Waals surface area contributed by atoms with Gasteiger partial charge in [0.1, 0.15) is 11.5 Å². The molecule has 0 atom stereocenters. The topological polar surface area (TPSA) is 89.3 Å². The Labute approximate surface area is 155 Å². The van der Waals surface area contributed by atoms with Crippen molar-refractivity contribution in [1.82, 2.24) is 10.1 Å². The minimum Gasteiger partial charge on any atom is -0.454 e. The average Bonchev–Trinajstić information content (AvgIpc) is 3.07. The van der Waals surface area contributed by atoms with Gasteiger partial charge >= 0.3 is 6.03 Å². The lowest BCUT2D eigenvalue weighted by Crippen LogP contribution is -2.19. The Bertz CT molecular complexity index is 936. The summed E-state index contributed by atoms with van der Waals surface area (Å²) in [7, 11) is 0. The number of hydrogen-bond donors (Lipinski definition) is 2. The van der Waals surface area contributed by atoms with Crippen LogP contribution in [0.5, 0.6) is 11.5 Å². The number of anilines is 2. The van der Waals surface area contributed by atoms with Crippen molar-refractivity contribution in [2.75, 3.05) is 10.6 Å². The summed E-state index contributed by atoms with van der Waals surface area (Å²) in [6.45, 7) is 5.90. The van der Waals surface area contributed by atoms with Crippen LogP contribution < -0.4 is 15.4 Å². The van der Waals surface area contributed by atoms with Crippen molar-refractivity contribution in [1.29, 1.82) is 0 Å². The fourth-order valence-electron chi connectivity index (χ4n) is 2.16. The molecule has 0 spiro atoms. The third kappa shape index (κ3) is 4.81. The molecule has 2 N–H and O–H groups in total. The number of carbonyl (C=O) groups is 1. The molecule has 0 aliphatic carbocycles. The van der Waals surface area contributed by atoms with Crippen molar-refractivity contribution in [2.45, 2.75) is 26.2 Å². The van der Waals surface area contributed by atoms with Gasteiger partial charge in [-0.2, -0.15) is 0 Å². The molecule has 0 aliphatic rings. The first-order chi connectivity index (χ1) is 12.8. The fourth-order valence-corrected chi connectivity index (χ4v) is 2.16. The number of aromatic nitrogens is 2.